The van der Waals surface area contributed by atoms with Crippen molar-refractivity contribution in [2.75, 3.05) is 26.9 Å². The van der Waals surface area contributed by atoms with Gasteiger partial charge >= 0.3 is 0 Å². The van der Waals surface area contributed by atoms with Crippen molar-refractivity contribution in [3.05, 3.63) is 28.2 Å². The molecule has 0 aliphatic carbocycles. The van der Waals surface area contributed by atoms with Crippen LogP contribution in [0.1, 0.15) is 24.9 Å². The predicted molar refractivity (Wildman–Crippen MR) is 76.0 cm³/mol. The van der Waals surface area contributed by atoms with Crippen molar-refractivity contribution in [2.45, 2.75) is 19.4 Å². The van der Waals surface area contributed by atoms with E-state index in [0.29, 0.717) is 12.0 Å². The maximum absolute atomic E-state index is 5.84. The molecular weight excluding hydrogens is 294 g/mol. The molecule has 0 amide bonds. The third kappa shape index (κ3) is 3.46. The van der Waals surface area contributed by atoms with E-state index in [1.165, 1.54) is 5.56 Å². The zero-order valence-corrected chi connectivity index (χ0v) is 12.5. The average molecular weight is 314 g/mol. The van der Waals surface area contributed by atoms with Gasteiger partial charge < -0.3 is 14.8 Å². The van der Waals surface area contributed by atoms with Crippen molar-refractivity contribution >= 4 is 15.9 Å². The van der Waals surface area contributed by atoms with Gasteiger partial charge in [0.1, 0.15) is 5.75 Å². The molecule has 0 spiro atoms. The highest BCUT2D eigenvalue weighted by molar-refractivity contribution is 9.10. The van der Waals surface area contributed by atoms with Crippen LogP contribution < -0.4 is 10.1 Å². The zero-order chi connectivity index (χ0) is 13.0. The monoisotopic (exact) mass is 313 g/mol. The molecule has 1 aromatic rings. The van der Waals surface area contributed by atoms with Crippen molar-refractivity contribution < 1.29 is 9.47 Å². The summed E-state index contributed by atoms with van der Waals surface area (Å²) in [5, 5.41) is 3.23. The molecule has 1 N–H and O–H groups in total. The zero-order valence-electron chi connectivity index (χ0n) is 10.9. The number of halogens is 1. The maximum Gasteiger partial charge on any atom is 0.133 e. The van der Waals surface area contributed by atoms with E-state index < -0.39 is 0 Å². The summed E-state index contributed by atoms with van der Waals surface area (Å²) in [5.74, 6) is 1.45. The number of benzene rings is 1. The molecule has 3 nitrogen and oxygen atoms in total. The predicted octanol–water partition coefficient (Wildman–Crippen LogP) is 3.14. The molecule has 2 rings (SSSR count). The van der Waals surface area contributed by atoms with Crippen LogP contribution in [-0.4, -0.2) is 26.9 Å². The highest BCUT2D eigenvalue weighted by Gasteiger charge is 2.17. The average Bonchev–Trinajstić information content (AvgIpc) is 2.89. The molecule has 0 aromatic heterocycles. The minimum absolute atomic E-state index is 0.346. The first-order valence-electron chi connectivity index (χ1n) is 6.38. The number of nitrogens with one attached hydrogen (secondary N) is 1. The highest BCUT2D eigenvalue weighted by atomic mass is 79.9. The molecule has 1 heterocycles. The van der Waals surface area contributed by atoms with Gasteiger partial charge in [-0.05, 0) is 54.0 Å². The summed E-state index contributed by atoms with van der Waals surface area (Å²) in [6, 6.07) is 6.59. The van der Waals surface area contributed by atoms with E-state index in [1.807, 2.05) is 13.1 Å². The van der Waals surface area contributed by atoms with Crippen LogP contribution in [-0.2, 0) is 4.74 Å². The SMILES string of the molecule is CNC(C)c1ccc(OCC2CCOC2)c(Br)c1. The van der Waals surface area contributed by atoms with Gasteiger partial charge in [-0.15, -0.1) is 0 Å². The van der Waals surface area contributed by atoms with Crippen molar-refractivity contribution in [2.24, 2.45) is 5.92 Å². The lowest BCUT2D eigenvalue weighted by Gasteiger charge is -2.15. The summed E-state index contributed by atoms with van der Waals surface area (Å²) in [6.45, 7) is 4.57. The van der Waals surface area contributed by atoms with Crippen LogP contribution >= 0.6 is 15.9 Å². The summed E-state index contributed by atoms with van der Waals surface area (Å²) in [4.78, 5) is 0. The van der Waals surface area contributed by atoms with Crippen molar-refractivity contribution in [1.82, 2.24) is 5.32 Å². The molecule has 1 saturated heterocycles. The molecule has 4 heteroatoms. The van der Waals surface area contributed by atoms with Gasteiger partial charge in [0.25, 0.3) is 0 Å². The summed E-state index contributed by atoms with van der Waals surface area (Å²) < 4.78 is 12.2. The lowest BCUT2D eigenvalue weighted by atomic mass is 10.1. The molecule has 100 valence electrons. The van der Waals surface area contributed by atoms with Crippen LogP contribution in [0, 0.1) is 5.92 Å². The van der Waals surface area contributed by atoms with Gasteiger partial charge in [-0.3, -0.25) is 0 Å². The third-order valence-electron chi connectivity index (χ3n) is 3.39. The van der Waals surface area contributed by atoms with Gasteiger partial charge in [0, 0.05) is 18.6 Å². The maximum atomic E-state index is 5.84. The van der Waals surface area contributed by atoms with E-state index in [-0.39, 0.29) is 0 Å². The van der Waals surface area contributed by atoms with Crippen molar-refractivity contribution in [3.8, 4) is 5.75 Å². The van der Waals surface area contributed by atoms with E-state index in [1.54, 1.807) is 0 Å². The standard InChI is InChI=1S/C14H20BrNO2/c1-10(16-2)12-3-4-14(13(15)7-12)18-9-11-5-6-17-8-11/h3-4,7,10-11,16H,5-6,8-9H2,1-2H3. The van der Waals surface area contributed by atoms with Gasteiger partial charge in [0.15, 0.2) is 0 Å². The Bertz CT molecular complexity index is 391. The normalized spacial score (nSPS) is 20.9. The van der Waals surface area contributed by atoms with Crippen LogP contribution in [0.2, 0.25) is 0 Å². The molecule has 18 heavy (non-hydrogen) atoms. The van der Waals surface area contributed by atoms with E-state index >= 15 is 0 Å². The minimum atomic E-state index is 0.346. The van der Waals surface area contributed by atoms with E-state index in [4.69, 9.17) is 9.47 Å². The highest BCUT2D eigenvalue weighted by Crippen LogP contribution is 2.29. The fourth-order valence-electron chi connectivity index (χ4n) is 1.99. The number of ether oxygens (including phenoxy) is 2. The Morgan fingerprint density at radius 3 is 3.00 bits per heavy atom. The van der Waals surface area contributed by atoms with E-state index in [2.05, 4.69) is 40.3 Å². The fourth-order valence-corrected chi connectivity index (χ4v) is 2.50. The van der Waals surface area contributed by atoms with Crippen molar-refractivity contribution in [1.29, 1.82) is 0 Å². The lowest BCUT2D eigenvalue weighted by molar-refractivity contribution is 0.167. The molecule has 1 aliphatic heterocycles. The van der Waals surface area contributed by atoms with Crippen LogP contribution in [0.15, 0.2) is 22.7 Å². The molecular formula is C14H20BrNO2. The van der Waals surface area contributed by atoms with Crippen LogP contribution in [0.25, 0.3) is 0 Å². The Morgan fingerprint density at radius 2 is 2.39 bits per heavy atom. The number of rotatable bonds is 5. The molecule has 0 bridgehead atoms. The molecule has 0 saturated carbocycles. The summed E-state index contributed by atoms with van der Waals surface area (Å²) >= 11 is 3.57. The largest absolute Gasteiger partial charge is 0.492 e. The van der Waals surface area contributed by atoms with Crippen LogP contribution in [0.4, 0.5) is 0 Å². The fraction of sp³-hybridized carbons (Fsp3) is 0.571. The topological polar surface area (TPSA) is 30.5 Å². The molecule has 0 radical (unpaired) electrons. The molecule has 2 atom stereocenters. The van der Waals surface area contributed by atoms with Gasteiger partial charge in [0.05, 0.1) is 17.7 Å². The Kier molecular flexibility index (Phi) is 5.03. The molecule has 1 fully saturated rings. The van der Waals surface area contributed by atoms with Gasteiger partial charge in [-0.2, -0.15) is 0 Å². The van der Waals surface area contributed by atoms with Crippen molar-refractivity contribution in [3.63, 3.8) is 0 Å². The number of hydrogen-bond acceptors (Lipinski definition) is 3. The first-order valence-corrected chi connectivity index (χ1v) is 7.17. The van der Waals surface area contributed by atoms with E-state index in [0.717, 1.165) is 36.5 Å². The molecule has 1 aromatic carbocycles. The van der Waals surface area contributed by atoms with Crippen LogP contribution in [0.5, 0.6) is 5.75 Å². The Balaban J connectivity index is 1.96. The first-order chi connectivity index (χ1) is 8.70. The van der Waals surface area contributed by atoms with Crippen LogP contribution in [0.3, 0.4) is 0 Å². The Hall–Kier alpha value is -0.580. The number of hydrogen-bond donors (Lipinski definition) is 1. The first kappa shape index (κ1) is 13.8. The second-order valence-corrected chi connectivity index (χ2v) is 5.60. The summed E-state index contributed by atoms with van der Waals surface area (Å²) in [6.07, 6.45) is 1.10. The quantitative estimate of drug-likeness (QED) is 0.906. The molecule has 1 aliphatic rings. The minimum Gasteiger partial charge on any atom is -0.492 e. The van der Waals surface area contributed by atoms with Gasteiger partial charge in [-0.25, -0.2) is 0 Å². The Labute approximate surface area is 117 Å². The van der Waals surface area contributed by atoms with Gasteiger partial charge in [0.2, 0.25) is 0 Å². The second kappa shape index (κ2) is 6.55. The smallest absolute Gasteiger partial charge is 0.133 e. The summed E-state index contributed by atoms with van der Waals surface area (Å²) in [7, 11) is 1.96. The van der Waals surface area contributed by atoms with Gasteiger partial charge in [-0.1, -0.05) is 6.07 Å². The lowest BCUT2D eigenvalue weighted by Crippen LogP contribution is -2.13. The molecule has 2 unspecified atom stereocenters. The third-order valence-corrected chi connectivity index (χ3v) is 4.01. The van der Waals surface area contributed by atoms with E-state index in [9.17, 15) is 0 Å². The summed E-state index contributed by atoms with van der Waals surface area (Å²) in [5.41, 5.74) is 1.25. The second-order valence-electron chi connectivity index (χ2n) is 4.74. The Morgan fingerprint density at radius 1 is 1.56 bits per heavy atom.